The number of amides is 2. The normalized spacial score (nSPS) is 22.5. The standard InChI is InChI=1S/C31H34N2O4S/c34-29(37-22-26-16-8-3-9-17-26)19-11-10-18-28-30-27(23-38(28)36)32(20-24-12-4-1-5-13-24)31(35)33(30)21-25-14-6-2-7-15-25/h1-9,12-17,27-28,30H,10-11,18-23H2/t27-,28-,30-,38?/m0/s1. The Morgan fingerprint density at radius 3 is 1.95 bits per heavy atom. The molecule has 4 atom stereocenters. The lowest BCUT2D eigenvalue weighted by Crippen LogP contribution is -2.41. The molecule has 3 aromatic carbocycles. The van der Waals surface area contributed by atoms with Crippen LogP contribution in [0.3, 0.4) is 0 Å². The van der Waals surface area contributed by atoms with E-state index in [0.29, 0.717) is 31.7 Å². The number of carbonyl (C=O) groups excluding carboxylic acids is 2. The first-order chi connectivity index (χ1) is 18.6. The summed E-state index contributed by atoms with van der Waals surface area (Å²) in [6, 6.07) is 29.5. The lowest BCUT2D eigenvalue weighted by molar-refractivity contribution is -0.145. The SMILES string of the molecule is O=C(CCCC[C@H]1[C@@H]2[C@H](CS1=O)N(Cc1ccccc1)C(=O)N2Cc1ccccc1)OCc1ccccc1. The van der Waals surface area contributed by atoms with Crippen molar-refractivity contribution < 1.29 is 18.5 Å². The summed E-state index contributed by atoms with van der Waals surface area (Å²) in [4.78, 5) is 29.8. The minimum Gasteiger partial charge on any atom is -0.461 e. The summed E-state index contributed by atoms with van der Waals surface area (Å²) in [5, 5.41) is -0.103. The van der Waals surface area contributed by atoms with Crippen LogP contribution in [0.1, 0.15) is 42.4 Å². The lowest BCUT2D eigenvalue weighted by Gasteiger charge is -2.27. The predicted octanol–water partition coefficient (Wildman–Crippen LogP) is 5.30. The Hall–Kier alpha value is -3.45. The number of carbonyl (C=O) groups is 2. The van der Waals surface area contributed by atoms with Gasteiger partial charge in [0.05, 0.1) is 17.3 Å². The van der Waals surface area contributed by atoms with E-state index in [2.05, 4.69) is 0 Å². The van der Waals surface area contributed by atoms with Gasteiger partial charge in [-0.2, -0.15) is 0 Å². The van der Waals surface area contributed by atoms with Gasteiger partial charge in [-0.15, -0.1) is 0 Å². The van der Waals surface area contributed by atoms with Crippen LogP contribution in [0.2, 0.25) is 0 Å². The van der Waals surface area contributed by atoms with Crippen LogP contribution in [0.25, 0.3) is 0 Å². The lowest BCUT2D eigenvalue weighted by atomic mass is 10.0. The van der Waals surface area contributed by atoms with Crippen LogP contribution in [0.5, 0.6) is 0 Å². The van der Waals surface area contributed by atoms with Gasteiger partial charge in [0.15, 0.2) is 0 Å². The molecule has 7 heteroatoms. The molecule has 0 bridgehead atoms. The van der Waals surface area contributed by atoms with Crippen molar-refractivity contribution in [1.82, 2.24) is 9.80 Å². The Labute approximate surface area is 227 Å². The number of unbranched alkanes of at least 4 members (excludes halogenated alkanes) is 1. The second-order valence-corrected chi connectivity index (χ2v) is 11.7. The van der Waals surface area contributed by atoms with E-state index in [1.54, 1.807) is 0 Å². The number of nitrogens with zero attached hydrogens (tertiary/aromatic N) is 2. The zero-order valence-electron chi connectivity index (χ0n) is 21.5. The van der Waals surface area contributed by atoms with Crippen molar-refractivity contribution >= 4 is 22.8 Å². The largest absolute Gasteiger partial charge is 0.461 e. The van der Waals surface area contributed by atoms with Crippen molar-refractivity contribution in [3.63, 3.8) is 0 Å². The highest BCUT2D eigenvalue weighted by Crippen LogP contribution is 2.38. The Kier molecular flexibility index (Phi) is 8.54. The molecule has 3 aromatic rings. The summed E-state index contributed by atoms with van der Waals surface area (Å²) in [7, 11) is -1.04. The molecule has 2 fully saturated rings. The van der Waals surface area contributed by atoms with Gasteiger partial charge < -0.3 is 14.5 Å². The monoisotopic (exact) mass is 530 g/mol. The molecule has 5 rings (SSSR count). The maximum absolute atomic E-state index is 13.7. The molecule has 1 unspecified atom stereocenters. The van der Waals surface area contributed by atoms with E-state index in [1.165, 1.54) is 0 Å². The van der Waals surface area contributed by atoms with Gasteiger partial charge in [-0.05, 0) is 29.5 Å². The summed E-state index contributed by atoms with van der Waals surface area (Å²) in [5.74, 6) is 0.285. The molecular formula is C31H34N2O4S. The molecule has 0 aromatic heterocycles. The number of hydrogen-bond donors (Lipinski definition) is 0. The average Bonchev–Trinajstić information content (AvgIpc) is 3.39. The second kappa shape index (κ2) is 12.4. The number of benzene rings is 3. The number of hydrogen-bond acceptors (Lipinski definition) is 4. The molecule has 198 valence electrons. The smallest absolute Gasteiger partial charge is 0.321 e. The molecule has 2 aliphatic heterocycles. The van der Waals surface area contributed by atoms with Gasteiger partial charge in [-0.25, -0.2) is 4.79 Å². The quantitative estimate of drug-likeness (QED) is 0.192. The van der Waals surface area contributed by atoms with E-state index >= 15 is 0 Å². The van der Waals surface area contributed by atoms with Crippen LogP contribution in [-0.2, 0) is 40.0 Å². The molecule has 0 spiro atoms. The van der Waals surface area contributed by atoms with Crippen LogP contribution in [0.4, 0.5) is 4.79 Å². The fourth-order valence-electron chi connectivity index (χ4n) is 5.56. The van der Waals surface area contributed by atoms with Crippen LogP contribution in [0, 0.1) is 0 Å². The van der Waals surface area contributed by atoms with E-state index in [1.807, 2.05) is 101 Å². The third kappa shape index (κ3) is 6.16. The Bertz CT molecular complexity index is 1240. The Morgan fingerprint density at radius 1 is 0.789 bits per heavy atom. The fourth-order valence-corrected chi connectivity index (χ4v) is 7.59. The van der Waals surface area contributed by atoms with E-state index < -0.39 is 10.8 Å². The Balaban J connectivity index is 1.22. The average molecular weight is 531 g/mol. The van der Waals surface area contributed by atoms with E-state index in [9.17, 15) is 13.8 Å². The van der Waals surface area contributed by atoms with Gasteiger partial charge in [0.25, 0.3) is 0 Å². The number of ether oxygens (including phenoxy) is 1. The zero-order valence-corrected chi connectivity index (χ0v) is 22.3. The van der Waals surface area contributed by atoms with Crippen molar-refractivity contribution in [1.29, 1.82) is 0 Å². The van der Waals surface area contributed by atoms with Gasteiger partial charge in [-0.1, -0.05) is 97.4 Å². The van der Waals surface area contributed by atoms with E-state index in [-0.39, 0.29) is 35.9 Å². The third-order valence-corrected chi connectivity index (χ3v) is 9.31. The minimum atomic E-state index is -1.04. The van der Waals surface area contributed by atoms with Crippen LogP contribution < -0.4 is 0 Å². The van der Waals surface area contributed by atoms with Crippen molar-refractivity contribution in [2.24, 2.45) is 0 Å². The topological polar surface area (TPSA) is 66.9 Å². The van der Waals surface area contributed by atoms with Gasteiger partial charge >= 0.3 is 12.0 Å². The predicted molar refractivity (Wildman–Crippen MR) is 148 cm³/mol. The van der Waals surface area contributed by atoms with Crippen LogP contribution >= 0.6 is 0 Å². The summed E-state index contributed by atoms with van der Waals surface area (Å²) in [5.41, 5.74) is 3.11. The summed E-state index contributed by atoms with van der Waals surface area (Å²) in [6.45, 7) is 1.30. The third-order valence-electron chi connectivity index (χ3n) is 7.45. The van der Waals surface area contributed by atoms with Crippen molar-refractivity contribution in [3.05, 3.63) is 108 Å². The molecule has 0 N–H and O–H groups in total. The van der Waals surface area contributed by atoms with Crippen molar-refractivity contribution in [2.45, 2.75) is 62.7 Å². The summed E-state index contributed by atoms with van der Waals surface area (Å²) in [6.07, 6.45) is 2.51. The van der Waals surface area contributed by atoms with Gasteiger partial charge in [0.1, 0.15) is 6.61 Å². The molecular weight excluding hydrogens is 496 g/mol. The van der Waals surface area contributed by atoms with Crippen molar-refractivity contribution in [3.8, 4) is 0 Å². The maximum Gasteiger partial charge on any atom is 0.321 e. The van der Waals surface area contributed by atoms with Gasteiger partial charge in [0.2, 0.25) is 0 Å². The number of rotatable bonds is 11. The first kappa shape index (κ1) is 26.2. The molecule has 0 saturated carbocycles. The molecule has 2 saturated heterocycles. The number of urea groups is 1. The van der Waals surface area contributed by atoms with Crippen molar-refractivity contribution in [2.75, 3.05) is 5.75 Å². The highest BCUT2D eigenvalue weighted by Gasteiger charge is 2.55. The second-order valence-electron chi connectivity index (χ2n) is 10.0. The maximum atomic E-state index is 13.7. The van der Waals surface area contributed by atoms with Crippen LogP contribution in [0.15, 0.2) is 91.0 Å². The summed E-state index contributed by atoms with van der Waals surface area (Å²) >= 11 is 0. The zero-order chi connectivity index (χ0) is 26.3. The van der Waals surface area contributed by atoms with E-state index in [4.69, 9.17) is 4.74 Å². The molecule has 0 aliphatic carbocycles. The van der Waals surface area contributed by atoms with Crippen LogP contribution in [-0.4, -0.2) is 49.1 Å². The molecule has 38 heavy (non-hydrogen) atoms. The van der Waals surface area contributed by atoms with E-state index in [0.717, 1.165) is 29.5 Å². The van der Waals surface area contributed by atoms with Gasteiger partial charge in [-0.3, -0.25) is 9.00 Å². The first-order valence-corrected chi connectivity index (χ1v) is 14.7. The number of esters is 1. The highest BCUT2D eigenvalue weighted by atomic mass is 32.2. The molecule has 6 nitrogen and oxygen atoms in total. The summed E-state index contributed by atoms with van der Waals surface area (Å²) < 4.78 is 18.7. The molecule has 2 heterocycles. The molecule has 2 amide bonds. The van der Waals surface area contributed by atoms with Gasteiger partial charge in [0, 0.05) is 36.1 Å². The minimum absolute atomic E-state index is 0.0129. The number of fused-ring (bicyclic) bond motifs is 1. The highest BCUT2D eigenvalue weighted by molar-refractivity contribution is 7.86. The fraction of sp³-hybridized carbons (Fsp3) is 0.355. The first-order valence-electron chi connectivity index (χ1n) is 13.3. The Morgan fingerprint density at radius 2 is 1.34 bits per heavy atom. The molecule has 0 radical (unpaired) electrons. The molecule has 2 aliphatic rings.